The van der Waals surface area contributed by atoms with E-state index in [4.69, 9.17) is 4.74 Å². The van der Waals surface area contributed by atoms with Crippen molar-refractivity contribution in [3.63, 3.8) is 0 Å². The van der Waals surface area contributed by atoms with Gasteiger partial charge in [0.15, 0.2) is 6.10 Å². The number of imide groups is 1. The Labute approximate surface area is 181 Å². The molecule has 2 N–H and O–H groups in total. The minimum Gasteiger partial charge on any atom is -0.453 e. The third-order valence-electron chi connectivity index (χ3n) is 4.56. The minimum absolute atomic E-state index is 0.0940. The Bertz CT molecular complexity index is 999. The van der Waals surface area contributed by atoms with Crippen LogP contribution in [0.4, 0.5) is 4.79 Å². The number of aryl methyl sites for hydroxylation is 2. The molecular formula is C22H30N4O5. The average Bonchev–Trinajstić information content (AvgIpc) is 2.71. The fraction of sp³-hybridized carbons (Fsp3) is 0.500. The molecule has 31 heavy (non-hydrogen) atoms. The summed E-state index contributed by atoms with van der Waals surface area (Å²) < 4.78 is 6.79. The van der Waals surface area contributed by atoms with E-state index in [0.29, 0.717) is 12.1 Å². The maximum atomic E-state index is 12.9. The van der Waals surface area contributed by atoms with Crippen LogP contribution in [0.1, 0.15) is 52.7 Å². The first-order chi connectivity index (χ1) is 14.7. The fourth-order valence-electron chi connectivity index (χ4n) is 2.99. The lowest BCUT2D eigenvalue weighted by Gasteiger charge is -2.14. The highest BCUT2D eigenvalue weighted by Crippen LogP contribution is 2.12. The molecule has 0 aliphatic heterocycles. The number of esters is 1. The first kappa shape index (κ1) is 24.0. The van der Waals surface area contributed by atoms with Crippen LogP contribution in [0.5, 0.6) is 0 Å². The van der Waals surface area contributed by atoms with Crippen LogP contribution < -0.4 is 16.2 Å². The lowest BCUT2D eigenvalue weighted by atomic mass is 10.2. The van der Waals surface area contributed by atoms with E-state index in [9.17, 15) is 19.2 Å². The number of ether oxygens (including phenoxy) is 1. The van der Waals surface area contributed by atoms with Crippen molar-refractivity contribution in [1.82, 2.24) is 20.2 Å². The summed E-state index contributed by atoms with van der Waals surface area (Å²) >= 11 is 0. The Hall–Kier alpha value is -3.23. The van der Waals surface area contributed by atoms with E-state index in [1.807, 2.05) is 24.3 Å². The highest BCUT2D eigenvalue weighted by atomic mass is 16.5. The number of rotatable bonds is 9. The Balaban J connectivity index is 2.03. The molecule has 1 atom stereocenters. The summed E-state index contributed by atoms with van der Waals surface area (Å²) in [5.74, 6) is -1.38. The quantitative estimate of drug-likeness (QED) is 0.589. The number of aromatic nitrogens is 2. The van der Waals surface area contributed by atoms with Gasteiger partial charge in [0.25, 0.3) is 11.5 Å². The molecule has 1 heterocycles. The number of nitrogens with zero attached hydrogens (tertiary/aromatic N) is 2. The van der Waals surface area contributed by atoms with Crippen molar-refractivity contribution in [3.8, 4) is 0 Å². The summed E-state index contributed by atoms with van der Waals surface area (Å²) in [5, 5.41) is 4.63. The van der Waals surface area contributed by atoms with Gasteiger partial charge in [0.05, 0.1) is 17.5 Å². The van der Waals surface area contributed by atoms with E-state index in [-0.39, 0.29) is 30.1 Å². The molecule has 2 rings (SSSR count). The largest absolute Gasteiger partial charge is 0.453 e. The van der Waals surface area contributed by atoms with Gasteiger partial charge >= 0.3 is 12.0 Å². The summed E-state index contributed by atoms with van der Waals surface area (Å²) in [6, 6.07) is 6.59. The summed E-state index contributed by atoms with van der Waals surface area (Å²) in [4.78, 5) is 53.1. The maximum absolute atomic E-state index is 12.9. The summed E-state index contributed by atoms with van der Waals surface area (Å²) in [6.45, 7) is 7.51. The second kappa shape index (κ2) is 11.2. The zero-order valence-corrected chi connectivity index (χ0v) is 18.4. The summed E-state index contributed by atoms with van der Waals surface area (Å²) in [6.07, 6.45) is 0.643. The standard InChI is InChI=1S/C22H30N4O5/c1-5-6-13-26-18-10-8-7-9-16(18)24-17(21(26)29)11-12-19(27)31-15(4)20(28)25-22(30)23-14(2)3/h7-10,14-15H,5-6,11-13H2,1-4H3,(H2,23,25,28,30). The van der Waals surface area contributed by atoms with E-state index in [1.165, 1.54) is 6.92 Å². The summed E-state index contributed by atoms with van der Waals surface area (Å²) in [5.41, 5.74) is 1.50. The molecule has 1 aromatic carbocycles. The topological polar surface area (TPSA) is 119 Å². The number of benzene rings is 1. The van der Waals surface area contributed by atoms with Crippen molar-refractivity contribution in [3.05, 3.63) is 40.3 Å². The number of hydrogen-bond acceptors (Lipinski definition) is 6. The van der Waals surface area contributed by atoms with Gasteiger partial charge < -0.3 is 14.6 Å². The van der Waals surface area contributed by atoms with Gasteiger partial charge in [-0.2, -0.15) is 0 Å². The third kappa shape index (κ3) is 6.91. The van der Waals surface area contributed by atoms with E-state index in [1.54, 1.807) is 18.4 Å². The molecular weight excluding hydrogens is 400 g/mol. The Morgan fingerprint density at radius 2 is 1.87 bits per heavy atom. The van der Waals surface area contributed by atoms with Crippen LogP contribution in [0, 0.1) is 0 Å². The molecule has 1 aromatic heterocycles. The molecule has 0 radical (unpaired) electrons. The first-order valence-corrected chi connectivity index (χ1v) is 10.5. The van der Waals surface area contributed by atoms with Crippen molar-refractivity contribution in [2.24, 2.45) is 0 Å². The van der Waals surface area contributed by atoms with Crippen LogP contribution >= 0.6 is 0 Å². The van der Waals surface area contributed by atoms with E-state index < -0.39 is 24.0 Å². The van der Waals surface area contributed by atoms with Crippen molar-refractivity contribution >= 4 is 28.9 Å². The van der Waals surface area contributed by atoms with Crippen LogP contribution in [0.3, 0.4) is 0 Å². The highest BCUT2D eigenvalue weighted by Gasteiger charge is 2.21. The molecule has 2 aromatic rings. The van der Waals surface area contributed by atoms with Gasteiger partial charge in [-0.1, -0.05) is 25.5 Å². The molecule has 0 bridgehead atoms. The fourth-order valence-corrected chi connectivity index (χ4v) is 2.99. The van der Waals surface area contributed by atoms with Crippen LogP contribution in [0.15, 0.2) is 29.1 Å². The lowest BCUT2D eigenvalue weighted by molar-refractivity contribution is -0.154. The van der Waals surface area contributed by atoms with Gasteiger partial charge in [0.1, 0.15) is 5.69 Å². The average molecular weight is 431 g/mol. The van der Waals surface area contributed by atoms with E-state index in [2.05, 4.69) is 22.5 Å². The number of carbonyl (C=O) groups excluding carboxylic acids is 3. The number of fused-ring (bicyclic) bond motifs is 1. The van der Waals surface area contributed by atoms with E-state index in [0.717, 1.165) is 18.4 Å². The second-order valence-electron chi connectivity index (χ2n) is 7.61. The number of amides is 3. The SMILES string of the molecule is CCCCn1c(=O)c(CCC(=O)OC(C)C(=O)NC(=O)NC(C)C)nc2ccccc21. The van der Waals surface area contributed by atoms with Gasteiger partial charge in [-0.05, 0) is 39.3 Å². The predicted octanol–water partition coefficient (Wildman–Crippen LogP) is 2.30. The molecule has 9 heteroatoms. The number of nitrogens with one attached hydrogen (secondary N) is 2. The normalized spacial score (nSPS) is 11.9. The first-order valence-electron chi connectivity index (χ1n) is 10.5. The van der Waals surface area contributed by atoms with Gasteiger partial charge in [0.2, 0.25) is 0 Å². The maximum Gasteiger partial charge on any atom is 0.321 e. The van der Waals surface area contributed by atoms with Gasteiger partial charge in [-0.3, -0.25) is 19.7 Å². The molecule has 0 aliphatic carbocycles. The molecule has 168 valence electrons. The van der Waals surface area contributed by atoms with Gasteiger partial charge in [0, 0.05) is 19.0 Å². The number of para-hydroxylation sites is 2. The molecule has 0 spiro atoms. The predicted molar refractivity (Wildman–Crippen MR) is 117 cm³/mol. The number of urea groups is 1. The number of unbranched alkanes of at least 4 members (excludes halogenated alkanes) is 1. The van der Waals surface area contributed by atoms with Crippen LogP contribution in [-0.2, 0) is 27.3 Å². The Morgan fingerprint density at radius 1 is 1.16 bits per heavy atom. The lowest BCUT2D eigenvalue weighted by Crippen LogP contribution is -2.46. The molecule has 1 unspecified atom stereocenters. The monoisotopic (exact) mass is 430 g/mol. The number of hydrogen-bond donors (Lipinski definition) is 2. The molecule has 0 aliphatic rings. The highest BCUT2D eigenvalue weighted by molar-refractivity contribution is 5.97. The van der Waals surface area contributed by atoms with Crippen LogP contribution in [0.25, 0.3) is 11.0 Å². The van der Waals surface area contributed by atoms with Crippen molar-refractivity contribution < 1.29 is 19.1 Å². The zero-order chi connectivity index (χ0) is 23.0. The molecule has 9 nitrogen and oxygen atoms in total. The van der Waals surface area contributed by atoms with Crippen LogP contribution in [-0.4, -0.2) is 39.6 Å². The second-order valence-corrected chi connectivity index (χ2v) is 7.61. The van der Waals surface area contributed by atoms with Crippen molar-refractivity contribution in [2.75, 3.05) is 0 Å². The van der Waals surface area contributed by atoms with Gasteiger partial charge in [-0.25, -0.2) is 9.78 Å². The minimum atomic E-state index is -1.14. The van der Waals surface area contributed by atoms with Crippen molar-refractivity contribution in [1.29, 1.82) is 0 Å². The molecule has 0 fully saturated rings. The Kier molecular flexibility index (Phi) is 8.72. The number of carbonyl (C=O) groups is 3. The van der Waals surface area contributed by atoms with Gasteiger partial charge in [-0.15, -0.1) is 0 Å². The third-order valence-corrected chi connectivity index (χ3v) is 4.56. The van der Waals surface area contributed by atoms with Crippen molar-refractivity contribution in [2.45, 2.75) is 72.1 Å². The van der Waals surface area contributed by atoms with Crippen LogP contribution in [0.2, 0.25) is 0 Å². The Morgan fingerprint density at radius 3 is 2.55 bits per heavy atom. The van der Waals surface area contributed by atoms with E-state index >= 15 is 0 Å². The molecule has 0 saturated carbocycles. The molecule has 0 saturated heterocycles. The zero-order valence-electron chi connectivity index (χ0n) is 18.4. The summed E-state index contributed by atoms with van der Waals surface area (Å²) in [7, 11) is 0. The smallest absolute Gasteiger partial charge is 0.321 e. The molecule has 3 amide bonds.